The zero-order chi connectivity index (χ0) is 19.0. The molecule has 4 rings (SSSR count). The van der Waals surface area contributed by atoms with Crippen LogP contribution in [0.3, 0.4) is 0 Å². The number of imidazole rings is 1. The first-order valence-corrected chi connectivity index (χ1v) is 8.50. The Balaban J connectivity index is 1.70. The largest absolute Gasteiger partial charge is 0.361 e. The number of fused-ring (bicyclic) bond motifs is 1. The van der Waals surface area contributed by atoms with E-state index >= 15 is 0 Å². The van der Waals surface area contributed by atoms with E-state index in [1.165, 1.54) is 18.5 Å². The molecule has 0 radical (unpaired) electrons. The third kappa shape index (κ3) is 3.39. The topological polar surface area (TPSA) is 88.0 Å². The van der Waals surface area contributed by atoms with Gasteiger partial charge in [-0.2, -0.15) is 0 Å². The maximum Gasteiger partial charge on any atom is 0.257 e. The quantitative estimate of drug-likeness (QED) is 0.562. The summed E-state index contributed by atoms with van der Waals surface area (Å²) in [6, 6.07) is 7.89. The molecule has 0 fully saturated rings. The molecule has 0 aliphatic rings. The number of rotatable bonds is 4. The second-order valence-electron chi connectivity index (χ2n) is 5.96. The highest BCUT2D eigenvalue weighted by molar-refractivity contribution is 6.30. The van der Waals surface area contributed by atoms with Gasteiger partial charge in [-0.3, -0.25) is 9.78 Å². The molecule has 0 aliphatic carbocycles. The summed E-state index contributed by atoms with van der Waals surface area (Å²) in [4.78, 5) is 23.1. The monoisotopic (exact) mass is 384 g/mol. The maximum atomic E-state index is 13.0. The van der Waals surface area contributed by atoms with Crippen LogP contribution in [-0.2, 0) is 0 Å². The Hall–Kier alpha value is -3.26. The second-order valence-corrected chi connectivity index (χ2v) is 6.40. The van der Waals surface area contributed by atoms with Crippen molar-refractivity contribution >= 4 is 23.1 Å². The number of nitrogens with zero attached hydrogens (tertiary/aromatic N) is 4. The molecule has 0 bridgehead atoms. The molecule has 4 aromatic heterocycles. The van der Waals surface area contributed by atoms with Crippen molar-refractivity contribution < 1.29 is 4.39 Å². The molecule has 0 aromatic carbocycles. The molecule has 0 amide bonds. The fraction of sp³-hybridized carbons (Fsp3) is 0.111. The number of anilines is 1. The highest BCUT2D eigenvalue weighted by atomic mass is 35.5. The SMILES string of the molecule is C[C@H](Nc1ccc2ncc(-c3cc(Cl)c[nH]c3=O)n2n1)c1ccc(F)cn1. The number of nitrogens with one attached hydrogen (secondary N) is 2. The molecule has 1 atom stereocenters. The van der Waals surface area contributed by atoms with Crippen LogP contribution < -0.4 is 10.9 Å². The molecule has 136 valence electrons. The molecule has 0 aliphatic heterocycles. The Morgan fingerprint density at radius 3 is 2.85 bits per heavy atom. The lowest BCUT2D eigenvalue weighted by Crippen LogP contribution is -2.12. The number of H-pyrrole nitrogens is 1. The van der Waals surface area contributed by atoms with Crippen molar-refractivity contribution in [3.05, 3.63) is 75.8 Å². The second kappa shape index (κ2) is 6.81. The van der Waals surface area contributed by atoms with E-state index in [-0.39, 0.29) is 17.4 Å². The Morgan fingerprint density at radius 2 is 2.07 bits per heavy atom. The van der Waals surface area contributed by atoms with E-state index in [0.29, 0.717) is 33.4 Å². The zero-order valence-corrected chi connectivity index (χ0v) is 14.9. The van der Waals surface area contributed by atoms with Gasteiger partial charge in [-0.1, -0.05) is 11.6 Å². The zero-order valence-electron chi connectivity index (χ0n) is 14.1. The number of aromatic amines is 1. The van der Waals surface area contributed by atoms with Crippen LogP contribution in [0.1, 0.15) is 18.7 Å². The molecule has 2 N–H and O–H groups in total. The van der Waals surface area contributed by atoms with Gasteiger partial charge in [0.1, 0.15) is 11.6 Å². The van der Waals surface area contributed by atoms with Crippen LogP contribution in [0.4, 0.5) is 10.2 Å². The van der Waals surface area contributed by atoms with Gasteiger partial charge in [0, 0.05) is 6.20 Å². The molecule has 7 nitrogen and oxygen atoms in total. The first-order chi connectivity index (χ1) is 13.0. The Bertz CT molecular complexity index is 1170. The summed E-state index contributed by atoms with van der Waals surface area (Å²) in [5.74, 6) is 0.166. The van der Waals surface area contributed by atoms with Crippen molar-refractivity contribution in [2.24, 2.45) is 0 Å². The summed E-state index contributed by atoms with van der Waals surface area (Å²) in [6.07, 6.45) is 4.16. The molecule has 27 heavy (non-hydrogen) atoms. The van der Waals surface area contributed by atoms with Crippen molar-refractivity contribution in [3.63, 3.8) is 0 Å². The third-order valence-electron chi connectivity index (χ3n) is 4.06. The number of aromatic nitrogens is 5. The molecular weight excluding hydrogens is 371 g/mol. The number of hydrogen-bond donors (Lipinski definition) is 2. The predicted molar refractivity (Wildman–Crippen MR) is 100 cm³/mol. The van der Waals surface area contributed by atoms with Gasteiger partial charge in [0.05, 0.1) is 40.4 Å². The third-order valence-corrected chi connectivity index (χ3v) is 4.28. The summed E-state index contributed by atoms with van der Waals surface area (Å²) in [5, 5.41) is 8.13. The predicted octanol–water partition coefficient (Wildman–Crippen LogP) is 3.45. The first kappa shape index (κ1) is 17.2. The minimum atomic E-state index is -0.389. The summed E-state index contributed by atoms with van der Waals surface area (Å²) < 4.78 is 14.6. The lowest BCUT2D eigenvalue weighted by molar-refractivity contribution is 0.617. The molecule has 4 heterocycles. The van der Waals surface area contributed by atoms with E-state index in [9.17, 15) is 9.18 Å². The summed E-state index contributed by atoms with van der Waals surface area (Å²) in [5.41, 5.74) is 1.86. The smallest absolute Gasteiger partial charge is 0.257 e. The van der Waals surface area contributed by atoms with Gasteiger partial charge in [0.15, 0.2) is 5.65 Å². The van der Waals surface area contributed by atoms with Crippen molar-refractivity contribution in [3.8, 4) is 11.3 Å². The van der Waals surface area contributed by atoms with E-state index < -0.39 is 0 Å². The lowest BCUT2D eigenvalue weighted by Gasteiger charge is -2.14. The van der Waals surface area contributed by atoms with Crippen LogP contribution in [-0.4, -0.2) is 24.6 Å². The highest BCUT2D eigenvalue weighted by Crippen LogP contribution is 2.21. The van der Waals surface area contributed by atoms with Gasteiger partial charge in [-0.25, -0.2) is 13.9 Å². The molecule has 4 aromatic rings. The van der Waals surface area contributed by atoms with Gasteiger partial charge >= 0.3 is 0 Å². The van der Waals surface area contributed by atoms with Crippen LogP contribution in [0, 0.1) is 5.82 Å². The number of pyridine rings is 2. The first-order valence-electron chi connectivity index (χ1n) is 8.12. The van der Waals surface area contributed by atoms with Crippen molar-refractivity contribution in [1.29, 1.82) is 0 Å². The Labute approximate surface area is 157 Å². The lowest BCUT2D eigenvalue weighted by atomic mass is 10.2. The van der Waals surface area contributed by atoms with Gasteiger partial charge in [-0.05, 0) is 37.3 Å². The summed E-state index contributed by atoms with van der Waals surface area (Å²) >= 11 is 6.00. The van der Waals surface area contributed by atoms with Crippen LogP contribution in [0.2, 0.25) is 5.02 Å². The minimum absolute atomic E-state index is 0.197. The van der Waals surface area contributed by atoms with Crippen LogP contribution in [0.25, 0.3) is 16.9 Å². The average molecular weight is 385 g/mol. The van der Waals surface area contributed by atoms with E-state index in [2.05, 4.69) is 25.4 Å². The Morgan fingerprint density at radius 1 is 1.22 bits per heavy atom. The van der Waals surface area contributed by atoms with E-state index in [0.717, 1.165) is 0 Å². The van der Waals surface area contributed by atoms with Gasteiger partial charge in [-0.15, -0.1) is 5.10 Å². The van der Waals surface area contributed by atoms with E-state index in [4.69, 9.17) is 11.6 Å². The molecule has 0 saturated carbocycles. The maximum absolute atomic E-state index is 13.0. The fourth-order valence-corrected chi connectivity index (χ4v) is 2.88. The Kier molecular flexibility index (Phi) is 4.33. The molecule has 9 heteroatoms. The van der Waals surface area contributed by atoms with E-state index in [1.807, 2.05) is 6.92 Å². The molecule has 0 saturated heterocycles. The standard InChI is InChI=1S/C18H14ClFN6O/c1-10(14-3-2-12(20)8-21-14)24-16-4-5-17-22-9-15(26(17)25-16)13-6-11(19)7-23-18(13)27/h2-10H,1H3,(H,23,27)(H,24,25)/t10-/m0/s1. The average Bonchev–Trinajstić information content (AvgIpc) is 3.07. The van der Waals surface area contributed by atoms with Gasteiger partial charge in [0.25, 0.3) is 5.56 Å². The van der Waals surface area contributed by atoms with Crippen molar-refractivity contribution in [2.75, 3.05) is 5.32 Å². The van der Waals surface area contributed by atoms with Crippen LogP contribution in [0.15, 0.2) is 53.7 Å². The summed E-state index contributed by atoms with van der Waals surface area (Å²) in [6.45, 7) is 1.89. The van der Waals surface area contributed by atoms with Gasteiger partial charge in [0.2, 0.25) is 0 Å². The summed E-state index contributed by atoms with van der Waals surface area (Å²) in [7, 11) is 0. The number of halogens is 2. The number of hydrogen-bond acceptors (Lipinski definition) is 5. The van der Waals surface area contributed by atoms with Gasteiger partial charge < -0.3 is 10.3 Å². The van der Waals surface area contributed by atoms with Crippen LogP contribution in [0.5, 0.6) is 0 Å². The minimum Gasteiger partial charge on any atom is -0.361 e. The molecule has 0 unspecified atom stereocenters. The van der Waals surface area contributed by atoms with E-state index in [1.54, 1.807) is 35.0 Å². The molecule has 0 spiro atoms. The molecular formula is C18H14ClFN6O. The van der Waals surface area contributed by atoms with Crippen LogP contribution >= 0.6 is 11.6 Å². The fourth-order valence-electron chi connectivity index (χ4n) is 2.72. The van der Waals surface area contributed by atoms with Crippen molar-refractivity contribution in [2.45, 2.75) is 13.0 Å². The normalized spacial score (nSPS) is 12.3. The van der Waals surface area contributed by atoms with Crippen molar-refractivity contribution in [1.82, 2.24) is 24.6 Å². The highest BCUT2D eigenvalue weighted by Gasteiger charge is 2.13.